The minimum Gasteiger partial charge on any atom is -0.335 e. The minimum absolute atomic E-state index is 0.148. The van der Waals surface area contributed by atoms with Crippen LogP contribution in [-0.4, -0.2) is 27.3 Å². The Morgan fingerprint density at radius 3 is 2.52 bits per heavy atom. The van der Waals surface area contributed by atoms with Crippen molar-refractivity contribution in [2.24, 2.45) is 0 Å². The molecule has 4 rings (SSSR count). The highest BCUT2D eigenvalue weighted by Gasteiger charge is 2.23. The average molecular weight is 366 g/mol. The maximum Gasteiger partial charge on any atom is 0.272 e. The number of para-hydroxylation sites is 1. The molecule has 136 valence electrons. The molecule has 0 spiro atoms. The van der Waals surface area contributed by atoms with Crippen LogP contribution in [0.4, 0.5) is 20.3 Å². The predicted molar refractivity (Wildman–Crippen MR) is 96.6 cm³/mol. The van der Waals surface area contributed by atoms with E-state index < -0.39 is 11.6 Å². The molecule has 1 amide bonds. The van der Waals surface area contributed by atoms with Crippen molar-refractivity contribution in [3.05, 3.63) is 83.3 Å². The van der Waals surface area contributed by atoms with Crippen LogP contribution in [0.3, 0.4) is 0 Å². The summed E-state index contributed by atoms with van der Waals surface area (Å²) in [5.41, 5.74) is 2.20. The predicted octanol–water partition coefficient (Wildman–Crippen LogP) is 3.70. The lowest BCUT2D eigenvalue weighted by molar-refractivity contribution is 0.0728. The number of amides is 1. The summed E-state index contributed by atoms with van der Waals surface area (Å²) in [6.45, 7) is 1.09. The molecule has 0 saturated carbocycles. The fourth-order valence-corrected chi connectivity index (χ4v) is 3.12. The topological polar surface area (TPSA) is 58.1 Å². The number of carbonyl (C=O) groups excluding carboxylic acids is 1. The highest BCUT2D eigenvalue weighted by atomic mass is 19.1. The molecule has 1 aliphatic rings. The van der Waals surface area contributed by atoms with Crippen LogP contribution in [0.15, 0.2) is 54.9 Å². The monoisotopic (exact) mass is 366 g/mol. The lowest BCUT2D eigenvalue weighted by Crippen LogP contribution is -2.36. The molecule has 0 radical (unpaired) electrons. The largest absolute Gasteiger partial charge is 0.335 e. The van der Waals surface area contributed by atoms with Gasteiger partial charge in [-0.15, -0.1) is 0 Å². The van der Waals surface area contributed by atoms with Crippen molar-refractivity contribution in [2.45, 2.75) is 13.0 Å². The second-order valence-corrected chi connectivity index (χ2v) is 6.26. The Morgan fingerprint density at radius 1 is 1.00 bits per heavy atom. The Kier molecular flexibility index (Phi) is 4.50. The van der Waals surface area contributed by atoms with Gasteiger partial charge in [0.15, 0.2) is 0 Å². The first kappa shape index (κ1) is 17.1. The van der Waals surface area contributed by atoms with Crippen LogP contribution in [0, 0.1) is 11.6 Å². The number of fused-ring (bicyclic) bond motifs is 1. The molecule has 27 heavy (non-hydrogen) atoms. The second kappa shape index (κ2) is 7.11. The van der Waals surface area contributed by atoms with Crippen LogP contribution < -0.4 is 5.32 Å². The number of benzene rings is 2. The fourth-order valence-electron chi connectivity index (χ4n) is 3.12. The maximum atomic E-state index is 13.8. The molecular formula is C20H16F2N4O. The van der Waals surface area contributed by atoms with E-state index in [-0.39, 0.29) is 23.1 Å². The molecule has 1 aliphatic heterocycles. The first-order valence-corrected chi connectivity index (χ1v) is 8.51. The van der Waals surface area contributed by atoms with E-state index in [1.807, 2.05) is 18.2 Å². The van der Waals surface area contributed by atoms with E-state index in [1.54, 1.807) is 4.90 Å². The van der Waals surface area contributed by atoms with Crippen LogP contribution in [0.5, 0.6) is 0 Å². The van der Waals surface area contributed by atoms with Gasteiger partial charge in [0.2, 0.25) is 0 Å². The third-order valence-corrected chi connectivity index (χ3v) is 4.52. The van der Waals surface area contributed by atoms with Gasteiger partial charge in [-0.05, 0) is 29.7 Å². The van der Waals surface area contributed by atoms with Gasteiger partial charge >= 0.3 is 0 Å². The number of carbonyl (C=O) groups is 1. The van der Waals surface area contributed by atoms with E-state index in [1.165, 1.54) is 24.0 Å². The number of nitrogens with one attached hydrogen (secondary N) is 1. The summed E-state index contributed by atoms with van der Waals surface area (Å²) >= 11 is 0. The highest BCUT2D eigenvalue weighted by molar-refractivity contribution is 5.93. The fraction of sp³-hybridized carbons (Fsp3) is 0.150. The van der Waals surface area contributed by atoms with Crippen molar-refractivity contribution in [3.63, 3.8) is 0 Å². The zero-order chi connectivity index (χ0) is 18.8. The molecule has 2 aromatic carbocycles. The number of anilines is 2. The lowest BCUT2D eigenvalue weighted by atomic mass is 10.00. The Bertz CT molecular complexity index is 989. The van der Waals surface area contributed by atoms with Crippen molar-refractivity contribution in [1.29, 1.82) is 0 Å². The van der Waals surface area contributed by atoms with E-state index in [0.717, 1.165) is 24.1 Å². The van der Waals surface area contributed by atoms with Crippen molar-refractivity contribution in [1.82, 2.24) is 14.9 Å². The molecule has 0 bridgehead atoms. The van der Waals surface area contributed by atoms with Gasteiger partial charge < -0.3 is 10.2 Å². The Morgan fingerprint density at radius 2 is 1.74 bits per heavy atom. The van der Waals surface area contributed by atoms with Gasteiger partial charge in [0.05, 0.1) is 0 Å². The van der Waals surface area contributed by atoms with Crippen molar-refractivity contribution >= 4 is 17.4 Å². The third-order valence-electron chi connectivity index (χ3n) is 4.52. The standard InChI is InChI=1S/C20H16F2N4O/c21-15-6-3-7-16(22)19(15)25-18-10-17(23-12-24-18)20(27)26-9-8-13-4-1-2-5-14(13)11-26/h1-7,10,12H,8-9,11H2,(H,23,24,25). The van der Waals surface area contributed by atoms with Gasteiger partial charge in [0, 0.05) is 19.2 Å². The first-order valence-electron chi connectivity index (χ1n) is 8.51. The molecule has 2 heterocycles. The minimum atomic E-state index is -0.742. The summed E-state index contributed by atoms with van der Waals surface area (Å²) < 4.78 is 27.6. The zero-order valence-electron chi connectivity index (χ0n) is 14.3. The highest BCUT2D eigenvalue weighted by Crippen LogP contribution is 2.23. The second-order valence-electron chi connectivity index (χ2n) is 6.26. The zero-order valence-corrected chi connectivity index (χ0v) is 14.3. The average Bonchev–Trinajstić information content (AvgIpc) is 2.70. The van der Waals surface area contributed by atoms with Crippen molar-refractivity contribution in [2.75, 3.05) is 11.9 Å². The van der Waals surface area contributed by atoms with E-state index in [4.69, 9.17) is 0 Å². The number of rotatable bonds is 3. The van der Waals surface area contributed by atoms with Gasteiger partial charge in [0.1, 0.15) is 35.2 Å². The first-order chi connectivity index (χ1) is 13.1. The Hall–Kier alpha value is -3.35. The van der Waals surface area contributed by atoms with Gasteiger partial charge in [-0.3, -0.25) is 4.79 Å². The quantitative estimate of drug-likeness (QED) is 0.768. The molecule has 1 N–H and O–H groups in total. The third kappa shape index (κ3) is 3.48. The maximum absolute atomic E-state index is 13.8. The molecule has 0 aliphatic carbocycles. The molecular weight excluding hydrogens is 350 g/mol. The van der Waals surface area contributed by atoms with Crippen molar-refractivity contribution < 1.29 is 13.6 Å². The SMILES string of the molecule is O=C(c1cc(Nc2c(F)cccc2F)ncn1)N1CCc2ccccc2C1. The Balaban J connectivity index is 1.55. The summed E-state index contributed by atoms with van der Waals surface area (Å²) in [5, 5.41) is 2.58. The summed E-state index contributed by atoms with van der Waals surface area (Å²) in [4.78, 5) is 22.5. The smallest absolute Gasteiger partial charge is 0.272 e. The van der Waals surface area contributed by atoms with E-state index in [0.29, 0.717) is 13.1 Å². The van der Waals surface area contributed by atoms with E-state index >= 15 is 0 Å². The molecule has 0 unspecified atom stereocenters. The van der Waals surface area contributed by atoms with Crippen LogP contribution >= 0.6 is 0 Å². The number of aromatic nitrogens is 2. The normalized spacial score (nSPS) is 13.2. The van der Waals surface area contributed by atoms with Crippen LogP contribution in [-0.2, 0) is 13.0 Å². The van der Waals surface area contributed by atoms with E-state index in [2.05, 4.69) is 21.4 Å². The summed E-state index contributed by atoms with van der Waals surface area (Å²) in [6, 6.07) is 13.0. The van der Waals surface area contributed by atoms with Gasteiger partial charge in [-0.25, -0.2) is 18.7 Å². The van der Waals surface area contributed by atoms with Gasteiger partial charge in [-0.2, -0.15) is 0 Å². The van der Waals surface area contributed by atoms with Crippen LogP contribution in [0.2, 0.25) is 0 Å². The molecule has 0 fully saturated rings. The molecule has 7 heteroatoms. The summed E-state index contributed by atoms with van der Waals surface area (Å²) in [6.07, 6.45) is 1.98. The van der Waals surface area contributed by atoms with Gasteiger partial charge in [0.25, 0.3) is 5.91 Å². The van der Waals surface area contributed by atoms with Gasteiger partial charge in [-0.1, -0.05) is 30.3 Å². The molecule has 5 nitrogen and oxygen atoms in total. The lowest BCUT2D eigenvalue weighted by Gasteiger charge is -2.28. The number of hydrogen-bond donors (Lipinski definition) is 1. The van der Waals surface area contributed by atoms with Crippen molar-refractivity contribution in [3.8, 4) is 0 Å². The molecule has 1 aromatic heterocycles. The number of nitrogens with zero attached hydrogens (tertiary/aromatic N) is 3. The molecule has 3 aromatic rings. The van der Waals surface area contributed by atoms with Crippen LogP contribution in [0.25, 0.3) is 0 Å². The number of hydrogen-bond acceptors (Lipinski definition) is 4. The van der Waals surface area contributed by atoms with Crippen LogP contribution in [0.1, 0.15) is 21.6 Å². The summed E-state index contributed by atoms with van der Waals surface area (Å²) in [7, 11) is 0. The Labute approximate surface area is 154 Å². The number of halogens is 2. The molecule has 0 atom stereocenters. The summed E-state index contributed by atoms with van der Waals surface area (Å²) in [5.74, 6) is -1.58. The van der Waals surface area contributed by atoms with E-state index in [9.17, 15) is 13.6 Å². The molecule has 0 saturated heterocycles.